The van der Waals surface area contributed by atoms with E-state index in [1.54, 1.807) is 12.1 Å². The number of aryl methyl sites for hydroxylation is 1. The minimum Gasteiger partial charge on any atom is -0.489 e. The Bertz CT molecular complexity index is 876. The number of hydrogen-bond acceptors (Lipinski definition) is 2. The standard InChI is InChI=1S/C19H16Cl2N2O/c20-17-4-3-5-18(21)16(17)13-24-15-6-7-19-14(12-15)8-11-23(19)10-2-1-9-22/h3-8,11-12H,1-2,10,13H2. The van der Waals surface area contributed by atoms with Crippen LogP contribution in [0.5, 0.6) is 5.75 Å². The van der Waals surface area contributed by atoms with Crippen molar-refractivity contribution in [1.29, 1.82) is 5.26 Å². The van der Waals surface area contributed by atoms with Crippen LogP contribution in [0.15, 0.2) is 48.7 Å². The third kappa shape index (κ3) is 3.67. The number of rotatable bonds is 6. The van der Waals surface area contributed by atoms with Crippen LogP contribution in [0.3, 0.4) is 0 Å². The Hall–Kier alpha value is -2.15. The molecule has 0 amide bonds. The summed E-state index contributed by atoms with van der Waals surface area (Å²) in [4.78, 5) is 0. The van der Waals surface area contributed by atoms with Crippen LogP contribution < -0.4 is 4.74 Å². The summed E-state index contributed by atoms with van der Waals surface area (Å²) in [6, 6.07) is 15.6. The van der Waals surface area contributed by atoms with Gasteiger partial charge in [0.2, 0.25) is 0 Å². The second-order valence-corrected chi connectivity index (χ2v) is 6.29. The summed E-state index contributed by atoms with van der Waals surface area (Å²) in [6.45, 7) is 1.17. The van der Waals surface area contributed by atoms with E-state index in [-0.39, 0.29) is 0 Å². The smallest absolute Gasteiger partial charge is 0.120 e. The molecule has 3 rings (SSSR count). The number of nitrogens with zero attached hydrogens (tertiary/aromatic N) is 2. The van der Waals surface area contributed by atoms with E-state index < -0.39 is 0 Å². The molecule has 0 saturated carbocycles. The number of ether oxygens (including phenoxy) is 1. The summed E-state index contributed by atoms with van der Waals surface area (Å²) in [5, 5.41) is 11.0. The molecule has 0 aliphatic heterocycles. The number of hydrogen-bond donors (Lipinski definition) is 0. The maximum Gasteiger partial charge on any atom is 0.120 e. The highest BCUT2D eigenvalue weighted by molar-refractivity contribution is 6.35. The molecule has 0 radical (unpaired) electrons. The second-order valence-electron chi connectivity index (χ2n) is 5.48. The third-order valence-electron chi connectivity index (χ3n) is 3.87. The molecule has 122 valence electrons. The number of halogens is 2. The molecule has 0 atom stereocenters. The Morgan fingerprint density at radius 2 is 1.88 bits per heavy atom. The van der Waals surface area contributed by atoms with E-state index in [9.17, 15) is 0 Å². The average Bonchev–Trinajstić information content (AvgIpc) is 2.97. The Kier molecular flexibility index (Phi) is 5.30. The van der Waals surface area contributed by atoms with Crippen LogP contribution in [0.4, 0.5) is 0 Å². The molecular formula is C19H16Cl2N2O. The van der Waals surface area contributed by atoms with Gasteiger partial charge < -0.3 is 9.30 Å². The number of nitriles is 1. The lowest BCUT2D eigenvalue weighted by Gasteiger charge is -2.10. The average molecular weight is 359 g/mol. The predicted molar refractivity (Wildman–Crippen MR) is 97.6 cm³/mol. The number of benzene rings is 2. The van der Waals surface area contributed by atoms with Gasteiger partial charge >= 0.3 is 0 Å². The maximum atomic E-state index is 8.64. The molecule has 0 N–H and O–H groups in total. The molecule has 0 bridgehead atoms. The predicted octanol–water partition coefficient (Wildman–Crippen LogP) is 5.83. The zero-order chi connectivity index (χ0) is 16.9. The Morgan fingerprint density at radius 1 is 1.08 bits per heavy atom. The molecule has 0 saturated heterocycles. The molecule has 1 aromatic heterocycles. The van der Waals surface area contributed by atoms with Gasteiger partial charge in [0.05, 0.1) is 6.07 Å². The van der Waals surface area contributed by atoms with Crippen molar-refractivity contribution in [3.05, 3.63) is 64.3 Å². The van der Waals surface area contributed by atoms with Crippen LogP contribution in [0, 0.1) is 11.3 Å². The fourth-order valence-electron chi connectivity index (χ4n) is 2.62. The van der Waals surface area contributed by atoms with E-state index in [1.165, 1.54) is 0 Å². The fourth-order valence-corrected chi connectivity index (χ4v) is 3.12. The van der Waals surface area contributed by atoms with Gasteiger partial charge in [-0.25, -0.2) is 0 Å². The summed E-state index contributed by atoms with van der Waals surface area (Å²) in [7, 11) is 0. The van der Waals surface area contributed by atoms with Gasteiger partial charge in [-0.2, -0.15) is 5.26 Å². The lowest BCUT2D eigenvalue weighted by Crippen LogP contribution is -1.98. The van der Waals surface area contributed by atoms with E-state index in [0.29, 0.717) is 23.1 Å². The van der Waals surface area contributed by atoms with Crippen molar-refractivity contribution in [1.82, 2.24) is 4.57 Å². The Balaban J connectivity index is 1.73. The quantitative estimate of drug-likeness (QED) is 0.519. The minimum atomic E-state index is 0.326. The second kappa shape index (κ2) is 7.61. The summed E-state index contributed by atoms with van der Waals surface area (Å²) < 4.78 is 8.00. The zero-order valence-electron chi connectivity index (χ0n) is 13.0. The molecule has 0 aliphatic carbocycles. The number of fused-ring (bicyclic) bond motifs is 1. The Labute approximate surface area is 151 Å². The van der Waals surface area contributed by atoms with Crippen molar-refractivity contribution < 1.29 is 4.74 Å². The van der Waals surface area contributed by atoms with Crippen molar-refractivity contribution in [3.63, 3.8) is 0 Å². The van der Waals surface area contributed by atoms with Gasteiger partial charge in [0.1, 0.15) is 12.4 Å². The van der Waals surface area contributed by atoms with Crippen LogP contribution >= 0.6 is 23.2 Å². The van der Waals surface area contributed by atoms with Gasteiger partial charge in [0, 0.05) is 45.7 Å². The molecular weight excluding hydrogens is 343 g/mol. The van der Waals surface area contributed by atoms with Gasteiger partial charge in [-0.15, -0.1) is 0 Å². The first-order chi connectivity index (χ1) is 11.7. The van der Waals surface area contributed by atoms with Crippen molar-refractivity contribution in [2.24, 2.45) is 0 Å². The molecule has 0 fully saturated rings. The van der Waals surface area contributed by atoms with Gasteiger partial charge in [0.15, 0.2) is 0 Å². The zero-order valence-corrected chi connectivity index (χ0v) is 14.5. The van der Waals surface area contributed by atoms with E-state index in [1.807, 2.05) is 30.5 Å². The number of aromatic nitrogens is 1. The first-order valence-electron chi connectivity index (χ1n) is 7.70. The topological polar surface area (TPSA) is 38.0 Å². The highest BCUT2D eigenvalue weighted by atomic mass is 35.5. The summed E-state index contributed by atoms with van der Waals surface area (Å²) >= 11 is 12.3. The molecule has 1 heterocycles. The third-order valence-corrected chi connectivity index (χ3v) is 4.58. The lowest BCUT2D eigenvalue weighted by molar-refractivity contribution is 0.307. The fraction of sp³-hybridized carbons (Fsp3) is 0.211. The van der Waals surface area contributed by atoms with Crippen LogP contribution in [0.2, 0.25) is 10.0 Å². The van der Waals surface area contributed by atoms with E-state index in [4.69, 9.17) is 33.2 Å². The van der Waals surface area contributed by atoms with Gasteiger partial charge in [0.25, 0.3) is 0 Å². The molecule has 3 nitrogen and oxygen atoms in total. The Morgan fingerprint density at radius 3 is 2.62 bits per heavy atom. The van der Waals surface area contributed by atoms with Gasteiger partial charge in [-0.1, -0.05) is 29.3 Å². The van der Waals surface area contributed by atoms with Crippen molar-refractivity contribution in [2.45, 2.75) is 26.0 Å². The highest BCUT2D eigenvalue weighted by Gasteiger charge is 2.07. The molecule has 0 spiro atoms. The van der Waals surface area contributed by atoms with Crippen molar-refractivity contribution in [2.75, 3.05) is 0 Å². The summed E-state index contributed by atoms with van der Waals surface area (Å²) in [5.41, 5.74) is 1.92. The number of unbranched alkanes of at least 4 members (excludes halogenated alkanes) is 1. The molecule has 24 heavy (non-hydrogen) atoms. The summed E-state index contributed by atoms with van der Waals surface area (Å²) in [6.07, 6.45) is 3.46. The van der Waals surface area contributed by atoms with Crippen LogP contribution in [-0.4, -0.2) is 4.57 Å². The first-order valence-corrected chi connectivity index (χ1v) is 8.46. The monoisotopic (exact) mass is 358 g/mol. The highest BCUT2D eigenvalue weighted by Crippen LogP contribution is 2.27. The maximum absolute atomic E-state index is 8.64. The van der Waals surface area contributed by atoms with Gasteiger partial charge in [-0.05, 0) is 42.8 Å². The summed E-state index contributed by atoms with van der Waals surface area (Å²) in [5.74, 6) is 0.772. The normalized spacial score (nSPS) is 10.7. The van der Waals surface area contributed by atoms with Crippen LogP contribution in [0.25, 0.3) is 10.9 Å². The molecule has 5 heteroatoms. The van der Waals surface area contributed by atoms with Crippen LogP contribution in [-0.2, 0) is 13.2 Å². The minimum absolute atomic E-state index is 0.326. The van der Waals surface area contributed by atoms with E-state index in [2.05, 4.69) is 16.7 Å². The van der Waals surface area contributed by atoms with Crippen molar-refractivity contribution >= 4 is 34.1 Å². The van der Waals surface area contributed by atoms with Gasteiger partial charge in [-0.3, -0.25) is 0 Å². The largest absolute Gasteiger partial charge is 0.489 e. The lowest BCUT2D eigenvalue weighted by atomic mass is 10.2. The van der Waals surface area contributed by atoms with Crippen LogP contribution in [0.1, 0.15) is 18.4 Å². The SMILES string of the molecule is N#CCCCn1ccc2cc(OCc3c(Cl)cccc3Cl)ccc21. The molecule has 0 unspecified atom stereocenters. The van der Waals surface area contributed by atoms with E-state index in [0.717, 1.165) is 35.2 Å². The molecule has 0 aliphatic rings. The van der Waals surface area contributed by atoms with Crippen molar-refractivity contribution in [3.8, 4) is 11.8 Å². The van der Waals surface area contributed by atoms with E-state index >= 15 is 0 Å². The molecule has 3 aromatic rings. The molecule has 2 aromatic carbocycles. The first kappa shape index (κ1) is 16.7.